The number of hydrogen-bond acceptors (Lipinski definition) is 4. The molecule has 0 saturated carbocycles. The van der Waals surface area contributed by atoms with Crippen molar-refractivity contribution in [2.45, 2.75) is 31.5 Å². The zero-order valence-corrected chi connectivity index (χ0v) is 18.7. The van der Waals surface area contributed by atoms with Gasteiger partial charge in [-0.05, 0) is 41.0 Å². The Morgan fingerprint density at radius 1 is 0.914 bits per heavy atom. The third-order valence-corrected chi connectivity index (χ3v) is 5.55. The molecule has 35 heavy (non-hydrogen) atoms. The topological polar surface area (TPSA) is 107 Å². The Balaban J connectivity index is 1.46. The van der Waals surface area contributed by atoms with Gasteiger partial charge in [0.25, 0.3) is 0 Å². The number of hydrogen-bond donors (Lipinski definition) is 4. The SMILES string of the molecule is O=C(N[C@@H](Cc1ccc(F)c(F)c1)C(=O)NCc1cnc2[nH]ccc2c1)[C@H](O)Cc1ccccc1. The summed E-state index contributed by atoms with van der Waals surface area (Å²) in [5.74, 6) is -3.34. The lowest BCUT2D eigenvalue weighted by Gasteiger charge is -2.21. The lowest BCUT2D eigenvalue weighted by Crippen LogP contribution is -2.51. The van der Waals surface area contributed by atoms with E-state index in [0.29, 0.717) is 5.56 Å². The number of halogens is 2. The average Bonchev–Trinajstić information content (AvgIpc) is 3.33. The maximum Gasteiger partial charge on any atom is 0.249 e. The van der Waals surface area contributed by atoms with Gasteiger partial charge in [0.05, 0.1) is 0 Å². The highest BCUT2D eigenvalue weighted by molar-refractivity contribution is 5.89. The first-order chi connectivity index (χ1) is 16.9. The molecule has 4 rings (SSSR count). The molecule has 9 heteroatoms. The molecule has 0 fully saturated rings. The highest BCUT2D eigenvalue weighted by atomic mass is 19.2. The maximum absolute atomic E-state index is 13.7. The Kier molecular flexibility index (Phi) is 7.47. The second kappa shape index (κ2) is 10.9. The van der Waals surface area contributed by atoms with Crippen LogP contribution in [0, 0.1) is 11.6 Å². The summed E-state index contributed by atoms with van der Waals surface area (Å²) in [6.45, 7) is 0.143. The van der Waals surface area contributed by atoms with Crippen molar-refractivity contribution in [3.8, 4) is 0 Å². The van der Waals surface area contributed by atoms with Crippen LogP contribution in [0.4, 0.5) is 8.78 Å². The zero-order chi connectivity index (χ0) is 24.8. The third-order valence-electron chi connectivity index (χ3n) is 5.55. The smallest absolute Gasteiger partial charge is 0.249 e. The number of carbonyl (C=O) groups is 2. The first-order valence-electron chi connectivity index (χ1n) is 11.0. The van der Waals surface area contributed by atoms with Crippen molar-refractivity contribution in [1.82, 2.24) is 20.6 Å². The van der Waals surface area contributed by atoms with E-state index in [1.165, 1.54) is 6.07 Å². The molecule has 0 radical (unpaired) electrons. The molecule has 2 aromatic carbocycles. The van der Waals surface area contributed by atoms with Crippen molar-refractivity contribution in [2.75, 3.05) is 0 Å². The van der Waals surface area contributed by atoms with Crippen LogP contribution in [-0.4, -0.2) is 39.0 Å². The van der Waals surface area contributed by atoms with Crippen LogP contribution in [0.5, 0.6) is 0 Å². The molecule has 4 N–H and O–H groups in total. The minimum Gasteiger partial charge on any atom is -0.383 e. The molecule has 0 spiro atoms. The predicted molar refractivity (Wildman–Crippen MR) is 126 cm³/mol. The molecule has 2 amide bonds. The summed E-state index contributed by atoms with van der Waals surface area (Å²) in [7, 11) is 0. The Labute approximate surface area is 200 Å². The fraction of sp³-hybridized carbons (Fsp3) is 0.192. The zero-order valence-electron chi connectivity index (χ0n) is 18.7. The van der Waals surface area contributed by atoms with Crippen molar-refractivity contribution in [2.24, 2.45) is 0 Å². The molecule has 0 bridgehead atoms. The number of aliphatic hydroxyl groups is 1. The minimum atomic E-state index is -1.39. The number of aromatic amines is 1. The molecular weight excluding hydrogens is 454 g/mol. The summed E-state index contributed by atoms with van der Waals surface area (Å²) in [6, 6.07) is 14.8. The van der Waals surface area contributed by atoms with Crippen molar-refractivity contribution in [1.29, 1.82) is 0 Å². The number of amides is 2. The maximum atomic E-state index is 13.7. The number of rotatable bonds is 9. The summed E-state index contributed by atoms with van der Waals surface area (Å²) in [5, 5.41) is 16.5. The van der Waals surface area contributed by atoms with Crippen LogP contribution in [0.1, 0.15) is 16.7 Å². The van der Waals surface area contributed by atoms with Crippen LogP contribution >= 0.6 is 0 Å². The quantitative estimate of drug-likeness (QED) is 0.297. The Morgan fingerprint density at radius 2 is 1.71 bits per heavy atom. The van der Waals surface area contributed by atoms with Crippen LogP contribution in [0.2, 0.25) is 0 Å². The lowest BCUT2D eigenvalue weighted by atomic mass is 10.0. The molecule has 0 aliphatic carbocycles. The van der Waals surface area contributed by atoms with E-state index in [1.807, 2.05) is 18.2 Å². The fourth-order valence-corrected chi connectivity index (χ4v) is 3.70. The largest absolute Gasteiger partial charge is 0.383 e. The molecule has 2 atom stereocenters. The van der Waals surface area contributed by atoms with E-state index in [1.54, 1.807) is 36.7 Å². The van der Waals surface area contributed by atoms with Gasteiger partial charge >= 0.3 is 0 Å². The monoisotopic (exact) mass is 478 g/mol. The van der Waals surface area contributed by atoms with Crippen molar-refractivity contribution in [3.63, 3.8) is 0 Å². The molecule has 0 aliphatic rings. The van der Waals surface area contributed by atoms with E-state index in [4.69, 9.17) is 0 Å². The number of nitrogens with one attached hydrogen (secondary N) is 3. The summed E-state index contributed by atoms with van der Waals surface area (Å²) >= 11 is 0. The van der Waals surface area contributed by atoms with Crippen LogP contribution < -0.4 is 10.6 Å². The lowest BCUT2D eigenvalue weighted by molar-refractivity contribution is -0.134. The first kappa shape index (κ1) is 24.0. The van der Waals surface area contributed by atoms with Crippen molar-refractivity contribution in [3.05, 3.63) is 101 Å². The van der Waals surface area contributed by atoms with Crippen LogP contribution in [0.25, 0.3) is 11.0 Å². The molecule has 0 aliphatic heterocycles. The van der Waals surface area contributed by atoms with Crippen LogP contribution in [0.3, 0.4) is 0 Å². The normalized spacial score (nSPS) is 12.8. The molecule has 180 valence electrons. The second-order valence-corrected chi connectivity index (χ2v) is 8.20. The number of benzene rings is 2. The van der Waals surface area contributed by atoms with Gasteiger partial charge in [-0.15, -0.1) is 0 Å². The Hall–Kier alpha value is -4.11. The van der Waals surface area contributed by atoms with E-state index in [9.17, 15) is 23.5 Å². The van der Waals surface area contributed by atoms with Crippen LogP contribution in [-0.2, 0) is 29.0 Å². The number of nitrogens with zero attached hydrogens (tertiary/aromatic N) is 1. The molecule has 2 aromatic heterocycles. The van der Waals surface area contributed by atoms with E-state index < -0.39 is 35.6 Å². The summed E-state index contributed by atoms with van der Waals surface area (Å²) in [5.41, 5.74) is 2.53. The summed E-state index contributed by atoms with van der Waals surface area (Å²) < 4.78 is 27.1. The molecular formula is C26H24F2N4O3. The minimum absolute atomic E-state index is 0.0640. The second-order valence-electron chi connectivity index (χ2n) is 8.20. The van der Waals surface area contributed by atoms with Gasteiger partial charge < -0.3 is 20.7 Å². The number of fused-ring (bicyclic) bond motifs is 1. The molecule has 0 unspecified atom stereocenters. The van der Waals surface area contributed by atoms with Gasteiger partial charge in [0, 0.05) is 37.2 Å². The number of aromatic nitrogens is 2. The number of H-pyrrole nitrogens is 1. The van der Waals surface area contributed by atoms with E-state index in [-0.39, 0.29) is 19.4 Å². The van der Waals surface area contributed by atoms with E-state index in [2.05, 4.69) is 20.6 Å². The van der Waals surface area contributed by atoms with Gasteiger partial charge in [0.15, 0.2) is 11.6 Å². The first-order valence-corrected chi connectivity index (χ1v) is 11.0. The number of aliphatic hydroxyl groups excluding tert-OH is 1. The standard InChI is InChI=1S/C26H24F2N4O3/c27-20-7-6-17(11-21(20)28)12-22(32-26(35)23(33)13-16-4-2-1-3-5-16)25(34)31-15-18-10-19-8-9-29-24(19)30-14-18/h1-11,14,22-23,33H,12-13,15H2,(H,29,30)(H,31,34)(H,32,35)/t22-,23+/m0/s1. The molecule has 4 aromatic rings. The Morgan fingerprint density at radius 3 is 2.49 bits per heavy atom. The molecule has 0 saturated heterocycles. The number of pyridine rings is 1. The van der Waals surface area contributed by atoms with Gasteiger partial charge in [0.1, 0.15) is 17.8 Å². The van der Waals surface area contributed by atoms with Crippen LogP contribution in [0.15, 0.2) is 73.1 Å². The van der Waals surface area contributed by atoms with Gasteiger partial charge in [-0.3, -0.25) is 9.59 Å². The van der Waals surface area contributed by atoms with Gasteiger partial charge in [-0.25, -0.2) is 13.8 Å². The fourth-order valence-electron chi connectivity index (χ4n) is 3.70. The van der Waals surface area contributed by atoms with Crippen molar-refractivity contribution >= 4 is 22.8 Å². The predicted octanol–water partition coefficient (Wildman–Crippen LogP) is 2.79. The average molecular weight is 478 g/mol. The van der Waals surface area contributed by atoms with Crippen molar-refractivity contribution < 1.29 is 23.5 Å². The molecule has 2 heterocycles. The molecule has 7 nitrogen and oxygen atoms in total. The van der Waals surface area contributed by atoms with Gasteiger partial charge in [-0.1, -0.05) is 36.4 Å². The van der Waals surface area contributed by atoms with E-state index in [0.717, 1.165) is 34.3 Å². The Bertz CT molecular complexity index is 1330. The van der Waals surface area contributed by atoms with E-state index >= 15 is 0 Å². The summed E-state index contributed by atoms with van der Waals surface area (Å²) in [6.07, 6.45) is 1.95. The number of carbonyl (C=O) groups excluding carboxylic acids is 2. The third kappa shape index (κ3) is 6.27. The van der Waals surface area contributed by atoms with Gasteiger partial charge in [0.2, 0.25) is 11.8 Å². The highest BCUT2D eigenvalue weighted by Gasteiger charge is 2.25. The summed E-state index contributed by atoms with van der Waals surface area (Å²) in [4.78, 5) is 32.9. The van der Waals surface area contributed by atoms with Gasteiger partial charge in [-0.2, -0.15) is 0 Å². The highest BCUT2D eigenvalue weighted by Crippen LogP contribution is 2.13.